The number of anilines is 1. The van der Waals surface area contributed by atoms with Crippen molar-refractivity contribution in [2.24, 2.45) is 0 Å². The first kappa shape index (κ1) is 14.5. The van der Waals surface area contributed by atoms with Gasteiger partial charge in [-0.2, -0.15) is 0 Å². The Hall–Kier alpha value is -2.46. The summed E-state index contributed by atoms with van der Waals surface area (Å²) in [6, 6.07) is 12.9. The number of benzene rings is 2. The van der Waals surface area contributed by atoms with Gasteiger partial charge in [0.15, 0.2) is 0 Å². The van der Waals surface area contributed by atoms with Gasteiger partial charge in [-0.1, -0.05) is 29.8 Å². The summed E-state index contributed by atoms with van der Waals surface area (Å²) in [5.41, 5.74) is 3.08. The Labute approximate surface area is 132 Å². The van der Waals surface area contributed by atoms with Crippen LogP contribution in [0.5, 0.6) is 0 Å². The largest absolute Gasteiger partial charge is 0.478 e. The molecule has 112 valence electrons. The highest BCUT2D eigenvalue weighted by molar-refractivity contribution is 6.31. The summed E-state index contributed by atoms with van der Waals surface area (Å²) >= 11 is 5.85. The van der Waals surface area contributed by atoms with E-state index in [1.165, 1.54) is 17.0 Å². The predicted molar refractivity (Wildman–Crippen MR) is 88.9 cm³/mol. The summed E-state index contributed by atoms with van der Waals surface area (Å²) in [7, 11) is 0. The first-order chi connectivity index (χ1) is 10.6. The average Bonchev–Trinajstić information content (AvgIpc) is 2.92. The van der Waals surface area contributed by atoms with E-state index in [9.17, 15) is 9.90 Å². The summed E-state index contributed by atoms with van der Waals surface area (Å²) in [6.07, 6.45) is 2.79. The summed E-state index contributed by atoms with van der Waals surface area (Å²) in [5, 5.41) is 14.0. The molecule has 0 saturated carbocycles. The molecule has 0 aliphatic heterocycles. The molecule has 1 aromatic heterocycles. The van der Waals surface area contributed by atoms with Crippen molar-refractivity contribution in [1.29, 1.82) is 0 Å². The second kappa shape index (κ2) is 6.12. The Kier molecular flexibility index (Phi) is 4.02. The molecular weight excluding hydrogens is 300 g/mol. The lowest BCUT2D eigenvalue weighted by atomic mass is 10.1. The molecule has 1 heterocycles. The molecule has 3 rings (SSSR count). The van der Waals surface area contributed by atoms with Crippen LogP contribution in [-0.2, 0) is 6.42 Å². The molecule has 3 N–H and O–H groups in total. The first-order valence-corrected chi connectivity index (χ1v) is 7.34. The first-order valence-electron chi connectivity index (χ1n) is 6.97. The minimum atomic E-state index is -0.989. The van der Waals surface area contributed by atoms with Crippen molar-refractivity contribution in [1.82, 2.24) is 4.98 Å². The summed E-state index contributed by atoms with van der Waals surface area (Å²) in [5.74, 6) is -0.989. The average molecular weight is 315 g/mol. The van der Waals surface area contributed by atoms with Crippen molar-refractivity contribution >= 4 is 34.2 Å². The Morgan fingerprint density at radius 3 is 2.86 bits per heavy atom. The molecule has 5 heteroatoms. The van der Waals surface area contributed by atoms with Gasteiger partial charge < -0.3 is 15.4 Å². The maximum atomic E-state index is 11.2. The van der Waals surface area contributed by atoms with Crippen LogP contribution in [0.15, 0.2) is 48.7 Å². The number of fused-ring (bicyclic) bond motifs is 1. The van der Waals surface area contributed by atoms with Crippen molar-refractivity contribution in [3.63, 3.8) is 0 Å². The van der Waals surface area contributed by atoms with Crippen LogP contribution in [0, 0.1) is 0 Å². The van der Waals surface area contributed by atoms with Crippen molar-refractivity contribution in [2.45, 2.75) is 6.42 Å². The van der Waals surface area contributed by atoms with Crippen LogP contribution in [0.2, 0.25) is 5.02 Å². The third-order valence-corrected chi connectivity index (χ3v) is 3.83. The number of aromatic nitrogens is 1. The minimum absolute atomic E-state index is 0.187. The number of aromatic amines is 1. The van der Waals surface area contributed by atoms with Gasteiger partial charge in [-0.3, -0.25) is 0 Å². The molecule has 0 saturated heterocycles. The smallest absolute Gasteiger partial charge is 0.337 e. The monoisotopic (exact) mass is 314 g/mol. The number of H-pyrrole nitrogens is 1. The van der Waals surface area contributed by atoms with Crippen molar-refractivity contribution in [2.75, 3.05) is 11.9 Å². The van der Waals surface area contributed by atoms with Crippen molar-refractivity contribution in [3.05, 3.63) is 64.8 Å². The fourth-order valence-corrected chi connectivity index (χ4v) is 2.69. The van der Waals surface area contributed by atoms with Gasteiger partial charge in [0, 0.05) is 34.4 Å². The molecule has 0 spiro atoms. The molecule has 0 atom stereocenters. The summed E-state index contributed by atoms with van der Waals surface area (Å²) in [6.45, 7) is 0.643. The van der Waals surface area contributed by atoms with Crippen LogP contribution in [0.3, 0.4) is 0 Å². The van der Waals surface area contributed by atoms with Crippen LogP contribution in [0.1, 0.15) is 15.9 Å². The number of carboxylic acids is 1. The number of para-hydroxylation sites is 1. The van der Waals surface area contributed by atoms with Crippen LogP contribution >= 0.6 is 11.6 Å². The molecule has 0 unspecified atom stereocenters. The van der Waals surface area contributed by atoms with Gasteiger partial charge in [-0.15, -0.1) is 0 Å². The minimum Gasteiger partial charge on any atom is -0.478 e. The van der Waals surface area contributed by atoms with E-state index >= 15 is 0 Å². The highest BCUT2D eigenvalue weighted by Crippen LogP contribution is 2.22. The summed E-state index contributed by atoms with van der Waals surface area (Å²) in [4.78, 5) is 14.5. The van der Waals surface area contributed by atoms with E-state index in [2.05, 4.69) is 16.4 Å². The number of aromatic carboxylic acids is 1. The molecule has 22 heavy (non-hydrogen) atoms. The fourth-order valence-electron chi connectivity index (χ4n) is 2.52. The van der Waals surface area contributed by atoms with Crippen LogP contribution in [0.4, 0.5) is 5.69 Å². The molecule has 0 bridgehead atoms. The SMILES string of the molecule is O=C(O)c1cc(Cl)ccc1NCCc1c[nH]c2ccccc12. The van der Waals surface area contributed by atoms with Gasteiger partial charge in [-0.05, 0) is 36.2 Å². The van der Waals surface area contributed by atoms with E-state index in [4.69, 9.17) is 11.6 Å². The molecule has 0 fully saturated rings. The lowest BCUT2D eigenvalue weighted by Crippen LogP contribution is -2.09. The van der Waals surface area contributed by atoms with E-state index in [0.29, 0.717) is 17.3 Å². The second-order valence-electron chi connectivity index (χ2n) is 5.03. The molecule has 0 aliphatic carbocycles. The van der Waals surface area contributed by atoms with Gasteiger partial charge >= 0.3 is 5.97 Å². The lowest BCUT2D eigenvalue weighted by Gasteiger charge is -2.09. The van der Waals surface area contributed by atoms with E-state index < -0.39 is 5.97 Å². The number of carboxylic acid groups (broad SMARTS) is 1. The Morgan fingerprint density at radius 2 is 2.05 bits per heavy atom. The number of carbonyl (C=O) groups is 1. The van der Waals surface area contributed by atoms with E-state index in [-0.39, 0.29) is 5.56 Å². The molecule has 2 aromatic carbocycles. The number of nitrogens with one attached hydrogen (secondary N) is 2. The Morgan fingerprint density at radius 1 is 1.23 bits per heavy atom. The maximum absolute atomic E-state index is 11.2. The van der Waals surface area contributed by atoms with E-state index in [0.717, 1.165) is 11.9 Å². The standard InChI is InChI=1S/C17H15ClN2O2/c18-12-5-6-16(14(9-12)17(21)22)19-8-7-11-10-20-15-4-2-1-3-13(11)15/h1-6,9-10,19-20H,7-8H2,(H,21,22). The van der Waals surface area contributed by atoms with Crippen molar-refractivity contribution < 1.29 is 9.90 Å². The Bertz CT molecular complexity index is 826. The molecule has 3 aromatic rings. The number of rotatable bonds is 5. The van der Waals surface area contributed by atoms with Gasteiger partial charge in [0.1, 0.15) is 0 Å². The zero-order valence-corrected chi connectivity index (χ0v) is 12.5. The molecule has 0 radical (unpaired) electrons. The van der Waals surface area contributed by atoms with E-state index in [1.807, 2.05) is 24.4 Å². The number of hydrogen-bond donors (Lipinski definition) is 3. The predicted octanol–water partition coefficient (Wildman–Crippen LogP) is 4.17. The van der Waals surface area contributed by atoms with Gasteiger partial charge in [0.05, 0.1) is 5.56 Å². The second-order valence-corrected chi connectivity index (χ2v) is 5.47. The Balaban J connectivity index is 1.72. The van der Waals surface area contributed by atoms with Crippen LogP contribution < -0.4 is 5.32 Å². The number of halogens is 1. The topological polar surface area (TPSA) is 65.1 Å². The van der Waals surface area contributed by atoms with Gasteiger partial charge in [0.2, 0.25) is 0 Å². The molecule has 0 aliphatic rings. The molecule has 0 amide bonds. The van der Waals surface area contributed by atoms with Crippen molar-refractivity contribution in [3.8, 4) is 0 Å². The maximum Gasteiger partial charge on any atom is 0.337 e. The van der Waals surface area contributed by atoms with Gasteiger partial charge in [0.25, 0.3) is 0 Å². The third-order valence-electron chi connectivity index (χ3n) is 3.60. The van der Waals surface area contributed by atoms with Crippen LogP contribution in [0.25, 0.3) is 10.9 Å². The normalized spacial score (nSPS) is 10.8. The zero-order valence-electron chi connectivity index (χ0n) is 11.8. The number of hydrogen-bond acceptors (Lipinski definition) is 2. The van der Waals surface area contributed by atoms with Gasteiger partial charge in [-0.25, -0.2) is 4.79 Å². The van der Waals surface area contributed by atoms with E-state index in [1.54, 1.807) is 12.1 Å². The summed E-state index contributed by atoms with van der Waals surface area (Å²) < 4.78 is 0. The zero-order chi connectivity index (χ0) is 15.5. The highest BCUT2D eigenvalue weighted by Gasteiger charge is 2.10. The molecule has 4 nitrogen and oxygen atoms in total. The fraction of sp³-hybridized carbons (Fsp3) is 0.118. The quantitative estimate of drug-likeness (QED) is 0.662. The highest BCUT2D eigenvalue weighted by atomic mass is 35.5. The third kappa shape index (κ3) is 2.92. The molecular formula is C17H15ClN2O2. The van der Waals surface area contributed by atoms with Crippen LogP contribution in [-0.4, -0.2) is 22.6 Å². The lowest BCUT2D eigenvalue weighted by molar-refractivity contribution is 0.0698.